The maximum Gasteiger partial charge on any atom is 0.329 e. The molecule has 0 saturated heterocycles. The summed E-state index contributed by atoms with van der Waals surface area (Å²) in [5, 5.41) is 17.6. The number of aromatic nitrogens is 2. The molecule has 0 unspecified atom stereocenters. The first-order valence-corrected chi connectivity index (χ1v) is 8.92. The molecule has 1 aliphatic carbocycles. The molecule has 7 heteroatoms. The fraction of sp³-hybridized carbons (Fsp3) is 0.278. The van der Waals surface area contributed by atoms with Gasteiger partial charge in [0.05, 0.1) is 16.3 Å². The monoisotopic (exact) mass is 355 g/mol. The summed E-state index contributed by atoms with van der Waals surface area (Å²) in [5.74, 6) is -1.29. The van der Waals surface area contributed by atoms with E-state index in [9.17, 15) is 14.7 Å². The van der Waals surface area contributed by atoms with Crippen LogP contribution in [0.25, 0.3) is 15.9 Å². The van der Waals surface area contributed by atoms with E-state index in [1.54, 1.807) is 6.07 Å². The number of aryl methyl sites for hydroxylation is 1. The van der Waals surface area contributed by atoms with E-state index in [-0.39, 0.29) is 5.91 Å². The van der Waals surface area contributed by atoms with Crippen molar-refractivity contribution in [2.75, 3.05) is 0 Å². The van der Waals surface area contributed by atoms with Crippen molar-refractivity contribution in [3.63, 3.8) is 0 Å². The zero-order valence-corrected chi connectivity index (χ0v) is 14.5. The first kappa shape index (κ1) is 15.8. The van der Waals surface area contributed by atoms with Crippen LogP contribution < -0.4 is 5.32 Å². The molecule has 1 amide bonds. The molecule has 3 aromatic rings. The number of carbonyl (C=O) groups is 2. The van der Waals surface area contributed by atoms with Crippen LogP contribution in [-0.4, -0.2) is 32.3 Å². The van der Waals surface area contributed by atoms with Crippen molar-refractivity contribution in [3.05, 3.63) is 47.0 Å². The molecule has 1 fully saturated rings. The summed E-state index contributed by atoms with van der Waals surface area (Å²) < 4.78 is 1.82. The molecule has 2 heterocycles. The largest absolute Gasteiger partial charge is 0.480 e. The first-order valence-electron chi connectivity index (χ1n) is 8.11. The molecule has 2 aromatic heterocycles. The van der Waals surface area contributed by atoms with E-state index in [0.29, 0.717) is 17.7 Å². The van der Waals surface area contributed by atoms with Crippen LogP contribution in [0.3, 0.4) is 0 Å². The molecular weight excluding hydrogens is 338 g/mol. The number of hydrogen-bond acceptors (Lipinski definition) is 4. The molecule has 1 saturated carbocycles. The number of aliphatic carboxylic acids is 1. The summed E-state index contributed by atoms with van der Waals surface area (Å²) in [6.45, 7) is 1.90. The van der Waals surface area contributed by atoms with Gasteiger partial charge in [-0.1, -0.05) is 18.2 Å². The molecular formula is C18H17N3O3S. The lowest BCUT2D eigenvalue weighted by atomic mass is 9.77. The van der Waals surface area contributed by atoms with Crippen molar-refractivity contribution in [3.8, 4) is 5.69 Å². The van der Waals surface area contributed by atoms with Crippen LogP contribution in [0.15, 0.2) is 36.4 Å². The van der Waals surface area contributed by atoms with Crippen molar-refractivity contribution in [2.24, 2.45) is 0 Å². The number of carbonyl (C=O) groups excluding carboxylic acids is 1. The van der Waals surface area contributed by atoms with Crippen LogP contribution in [0.4, 0.5) is 0 Å². The molecule has 0 atom stereocenters. The highest BCUT2D eigenvalue weighted by Gasteiger charge is 2.46. The lowest BCUT2D eigenvalue weighted by molar-refractivity contribution is -0.148. The number of carboxylic acid groups (broad SMARTS) is 1. The van der Waals surface area contributed by atoms with E-state index in [2.05, 4.69) is 10.4 Å². The maximum absolute atomic E-state index is 12.6. The molecule has 2 N–H and O–H groups in total. The molecule has 0 bridgehead atoms. The van der Waals surface area contributed by atoms with Gasteiger partial charge >= 0.3 is 5.97 Å². The fourth-order valence-electron chi connectivity index (χ4n) is 3.10. The van der Waals surface area contributed by atoms with Gasteiger partial charge in [-0.3, -0.25) is 4.79 Å². The standard InChI is InChI=1S/C18H17N3O3S/c1-11-13-10-14(15(22)19-18(17(23)24)8-5-9-18)25-16(13)21(20-11)12-6-3-2-4-7-12/h2-4,6-7,10H,5,8-9H2,1H3,(H,19,22)(H,23,24). The topological polar surface area (TPSA) is 84.2 Å². The van der Waals surface area contributed by atoms with Gasteiger partial charge in [-0.25, -0.2) is 9.48 Å². The number of nitrogens with one attached hydrogen (secondary N) is 1. The van der Waals surface area contributed by atoms with Crippen molar-refractivity contribution in [2.45, 2.75) is 31.7 Å². The number of rotatable bonds is 4. The number of carboxylic acids is 1. The van der Waals surface area contributed by atoms with E-state index in [1.807, 2.05) is 41.9 Å². The minimum absolute atomic E-state index is 0.331. The number of fused-ring (bicyclic) bond motifs is 1. The average molecular weight is 355 g/mol. The van der Waals surface area contributed by atoms with E-state index < -0.39 is 11.5 Å². The van der Waals surface area contributed by atoms with Gasteiger partial charge in [-0.15, -0.1) is 11.3 Å². The van der Waals surface area contributed by atoms with Crippen LogP contribution >= 0.6 is 11.3 Å². The molecule has 6 nitrogen and oxygen atoms in total. The normalized spacial score (nSPS) is 15.7. The van der Waals surface area contributed by atoms with Crippen molar-refractivity contribution < 1.29 is 14.7 Å². The molecule has 0 aliphatic heterocycles. The second-order valence-corrected chi connectivity index (χ2v) is 7.39. The molecule has 1 aliphatic rings. The van der Waals surface area contributed by atoms with Crippen LogP contribution in [-0.2, 0) is 4.79 Å². The summed E-state index contributed by atoms with van der Waals surface area (Å²) >= 11 is 1.33. The Morgan fingerprint density at radius 1 is 1.28 bits per heavy atom. The van der Waals surface area contributed by atoms with Crippen molar-refractivity contribution >= 4 is 33.4 Å². The summed E-state index contributed by atoms with van der Waals surface area (Å²) in [4.78, 5) is 25.4. The Balaban J connectivity index is 1.70. The van der Waals surface area contributed by atoms with Gasteiger partial charge in [-0.05, 0) is 44.4 Å². The number of nitrogens with zero attached hydrogens (tertiary/aromatic N) is 2. The number of para-hydroxylation sites is 1. The predicted octanol–water partition coefficient (Wildman–Crippen LogP) is 3.13. The number of thiophene rings is 1. The average Bonchev–Trinajstić information content (AvgIpc) is 3.12. The highest BCUT2D eigenvalue weighted by atomic mass is 32.1. The summed E-state index contributed by atoms with van der Waals surface area (Å²) in [6, 6.07) is 11.5. The van der Waals surface area contributed by atoms with E-state index in [1.165, 1.54) is 11.3 Å². The quantitative estimate of drug-likeness (QED) is 0.753. The Hall–Kier alpha value is -2.67. The fourth-order valence-corrected chi connectivity index (χ4v) is 4.18. The smallest absolute Gasteiger partial charge is 0.329 e. The van der Waals surface area contributed by atoms with Gasteiger partial charge in [-0.2, -0.15) is 5.10 Å². The Bertz CT molecular complexity index is 970. The van der Waals surface area contributed by atoms with Gasteiger partial charge < -0.3 is 10.4 Å². The van der Waals surface area contributed by atoms with Gasteiger partial charge in [0.15, 0.2) is 0 Å². The number of hydrogen-bond donors (Lipinski definition) is 2. The number of benzene rings is 1. The van der Waals surface area contributed by atoms with Crippen LogP contribution in [0.1, 0.15) is 34.6 Å². The zero-order valence-electron chi connectivity index (χ0n) is 13.7. The van der Waals surface area contributed by atoms with E-state index >= 15 is 0 Å². The third-order valence-corrected chi connectivity index (χ3v) is 5.85. The molecule has 128 valence electrons. The minimum Gasteiger partial charge on any atom is -0.480 e. The SMILES string of the molecule is Cc1nn(-c2ccccc2)c2sc(C(=O)NC3(C(=O)O)CCC3)cc12. The Morgan fingerprint density at radius 2 is 2.00 bits per heavy atom. The van der Waals surface area contributed by atoms with Crippen molar-refractivity contribution in [1.82, 2.24) is 15.1 Å². The Labute approximate surface area is 148 Å². The van der Waals surface area contributed by atoms with Gasteiger partial charge in [0, 0.05) is 5.39 Å². The van der Waals surface area contributed by atoms with E-state index in [0.717, 1.165) is 28.0 Å². The molecule has 0 spiro atoms. The number of amides is 1. The van der Waals surface area contributed by atoms with Gasteiger partial charge in [0.2, 0.25) is 0 Å². The second kappa shape index (κ2) is 5.70. The predicted molar refractivity (Wildman–Crippen MR) is 95.4 cm³/mol. The summed E-state index contributed by atoms with van der Waals surface area (Å²) in [6.07, 6.45) is 1.78. The second-order valence-electron chi connectivity index (χ2n) is 6.36. The minimum atomic E-state index is -1.10. The lowest BCUT2D eigenvalue weighted by Crippen LogP contribution is -2.59. The first-order chi connectivity index (χ1) is 12.0. The van der Waals surface area contributed by atoms with Crippen LogP contribution in [0, 0.1) is 6.92 Å². The maximum atomic E-state index is 12.6. The summed E-state index contributed by atoms with van der Waals surface area (Å²) in [7, 11) is 0. The molecule has 0 radical (unpaired) electrons. The molecule has 25 heavy (non-hydrogen) atoms. The third kappa shape index (κ3) is 2.51. The highest BCUT2D eigenvalue weighted by Crippen LogP contribution is 2.34. The van der Waals surface area contributed by atoms with Gasteiger partial charge in [0.25, 0.3) is 5.91 Å². The third-order valence-electron chi connectivity index (χ3n) is 4.74. The Kier molecular flexibility index (Phi) is 3.61. The Morgan fingerprint density at radius 3 is 2.60 bits per heavy atom. The lowest BCUT2D eigenvalue weighted by Gasteiger charge is -2.38. The molecule has 1 aromatic carbocycles. The van der Waals surface area contributed by atoms with Crippen LogP contribution in [0.2, 0.25) is 0 Å². The van der Waals surface area contributed by atoms with Crippen molar-refractivity contribution in [1.29, 1.82) is 0 Å². The van der Waals surface area contributed by atoms with Gasteiger partial charge in [0.1, 0.15) is 10.4 Å². The van der Waals surface area contributed by atoms with E-state index in [4.69, 9.17) is 0 Å². The highest BCUT2D eigenvalue weighted by molar-refractivity contribution is 7.20. The van der Waals surface area contributed by atoms with Crippen LogP contribution in [0.5, 0.6) is 0 Å². The zero-order chi connectivity index (χ0) is 17.6. The molecule has 4 rings (SSSR count). The summed E-state index contributed by atoms with van der Waals surface area (Å²) in [5.41, 5.74) is 0.662.